The Hall–Kier alpha value is -1.18. The Morgan fingerprint density at radius 1 is 1.33 bits per heavy atom. The molecule has 1 rings (SSSR count). The first-order chi connectivity index (χ1) is 7.17. The highest BCUT2D eigenvalue weighted by molar-refractivity contribution is 5.67. The Morgan fingerprint density at radius 3 is 2.60 bits per heavy atom. The van der Waals surface area contributed by atoms with E-state index in [1.54, 1.807) is 0 Å². The summed E-state index contributed by atoms with van der Waals surface area (Å²) in [5.74, 6) is 0. The number of aryl methyl sites for hydroxylation is 1. The van der Waals surface area contributed by atoms with Crippen LogP contribution in [-0.2, 0) is 0 Å². The maximum atomic E-state index is 5.96. The van der Waals surface area contributed by atoms with Crippen LogP contribution in [0.3, 0.4) is 0 Å². The Bertz CT molecular complexity index is 307. The SMILES string of the molecule is CCCC(CC)Nc1ccc(C)cc1N. The summed E-state index contributed by atoms with van der Waals surface area (Å²) in [6.45, 7) is 6.48. The van der Waals surface area contributed by atoms with E-state index in [0.29, 0.717) is 6.04 Å². The van der Waals surface area contributed by atoms with Gasteiger partial charge in [0.1, 0.15) is 0 Å². The number of nitrogens with two attached hydrogens (primary N) is 1. The Labute approximate surface area is 92.9 Å². The van der Waals surface area contributed by atoms with Crippen LogP contribution >= 0.6 is 0 Å². The molecule has 0 fully saturated rings. The summed E-state index contributed by atoms with van der Waals surface area (Å²) < 4.78 is 0. The summed E-state index contributed by atoms with van der Waals surface area (Å²) in [5.41, 5.74) is 9.09. The number of benzene rings is 1. The molecule has 0 saturated carbocycles. The van der Waals surface area contributed by atoms with E-state index < -0.39 is 0 Å². The van der Waals surface area contributed by atoms with Gasteiger partial charge in [-0.25, -0.2) is 0 Å². The van der Waals surface area contributed by atoms with Crippen molar-refractivity contribution in [1.82, 2.24) is 0 Å². The number of anilines is 2. The van der Waals surface area contributed by atoms with E-state index in [1.807, 2.05) is 6.07 Å². The molecule has 1 atom stereocenters. The molecule has 0 radical (unpaired) electrons. The van der Waals surface area contributed by atoms with Crippen LogP contribution in [0.1, 0.15) is 38.7 Å². The summed E-state index contributed by atoms with van der Waals surface area (Å²) in [4.78, 5) is 0. The second-order valence-electron chi connectivity index (χ2n) is 4.13. The maximum Gasteiger partial charge on any atom is 0.0576 e. The smallest absolute Gasteiger partial charge is 0.0576 e. The van der Waals surface area contributed by atoms with Gasteiger partial charge in [-0.2, -0.15) is 0 Å². The van der Waals surface area contributed by atoms with Gasteiger partial charge in [0.2, 0.25) is 0 Å². The van der Waals surface area contributed by atoms with Crippen molar-refractivity contribution in [3.05, 3.63) is 23.8 Å². The van der Waals surface area contributed by atoms with Crippen LogP contribution < -0.4 is 11.1 Å². The van der Waals surface area contributed by atoms with Gasteiger partial charge in [-0.1, -0.05) is 26.3 Å². The summed E-state index contributed by atoms with van der Waals surface area (Å²) in [6, 6.07) is 6.72. The van der Waals surface area contributed by atoms with Gasteiger partial charge in [0, 0.05) is 6.04 Å². The van der Waals surface area contributed by atoms with Gasteiger partial charge < -0.3 is 11.1 Å². The zero-order chi connectivity index (χ0) is 11.3. The Balaban J connectivity index is 2.70. The van der Waals surface area contributed by atoms with Gasteiger partial charge >= 0.3 is 0 Å². The van der Waals surface area contributed by atoms with E-state index in [9.17, 15) is 0 Å². The standard InChI is InChI=1S/C13H22N2/c1-4-6-11(5-2)15-13-8-7-10(3)9-12(13)14/h7-9,11,15H,4-6,14H2,1-3H3. The van der Waals surface area contributed by atoms with Gasteiger partial charge in [-0.3, -0.25) is 0 Å². The fraction of sp³-hybridized carbons (Fsp3) is 0.538. The average molecular weight is 206 g/mol. The van der Waals surface area contributed by atoms with Crippen LogP contribution in [0.4, 0.5) is 11.4 Å². The van der Waals surface area contributed by atoms with Gasteiger partial charge in [0.05, 0.1) is 11.4 Å². The van der Waals surface area contributed by atoms with Gasteiger partial charge in [0.15, 0.2) is 0 Å². The summed E-state index contributed by atoms with van der Waals surface area (Å²) >= 11 is 0. The molecule has 1 aromatic rings. The summed E-state index contributed by atoms with van der Waals surface area (Å²) in [5, 5.41) is 3.50. The zero-order valence-corrected chi connectivity index (χ0v) is 10.0. The van der Waals surface area contributed by atoms with Crippen molar-refractivity contribution in [2.75, 3.05) is 11.1 Å². The van der Waals surface area contributed by atoms with Crippen molar-refractivity contribution in [1.29, 1.82) is 0 Å². The molecule has 0 bridgehead atoms. The molecule has 0 aliphatic heterocycles. The molecule has 84 valence electrons. The summed E-state index contributed by atoms with van der Waals surface area (Å²) in [6.07, 6.45) is 3.54. The van der Waals surface area contributed by atoms with Crippen LogP contribution in [0.5, 0.6) is 0 Å². The molecule has 0 aromatic heterocycles. The van der Waals surface area contributed by atoms with E-state index in [4.69, 9.17) is 5.73 Å². The third kappa shape index (κ3) is 3.46. The minimum atomic E-state index is 0.542. The van der Waals surface area contributed by atoms with Crippen LogP contribution in [0, 0.1) is 6.92 Å². The van der Waals surface area contributed by atoms with Crippen LogP contribution in [-0.4, -0.2) is 6.04 Å². The van der Waals surface area contributed by atoms with Gasteiger partial charge in [-0.05, 0) is 37.5 Å². The molecule has 0 saturated heterocycles. The minimum absolute atomic E-state index is 0.542. The molecule has 1 unspecified atom stereocenters. The van der Waals surface area contributed by atoms with E-state index in [1.165, 1.54) is 18.4 Å². The molecular formula is C13H22N2. The van der Waals surface area contributed by atoms with Crippen molar-refractivity contribution in [3.63, 3.8) is 0 Å². The Morgan fingerprint density at radius 2 is 2.07 bits per heavy atom. The predicted octanol–water partition coefficient (Wildman–Crippen LogP) is 3.57. The van der Waals surface area contributed by atoms with E-state index in [0.717, 1.165) is 17.8 Å². The van der Waals surface area contributed by atoms with Crippen molar-refractivity contribution < 1.29 is 0 Å². The fourth-order valence-corrected chi connectivity index (χ4v) is 1.76. The zero-order valence-electron chi connectivity index (χ0n) is 10.0. The fourth-order valence-electron chi connectivity index (χ4n) is 1.76. The lowest BCUT2D eigenvalue weighted by Gasteiger charge is -2.19. The third-order valence-corrected chi connectivity index (χ3v) is 2.70. The molecule has 3 N–H and O–H groups in total. The molecule has 2 heteroatoms. The highest BCUT2D eigenvalue weighted by Crippen LogP contribution is 2.21. The second-order valence-corrected chi connectivity index (χ2v) is 4.13. The van der Waals surface area contributed by atoms with Crippen molar-refractivity contribution >= 4 is 11.4 Å². The lowest BCUT2D eigenvalue weighted by molar-refractivity contribution is 0.623. The van der Waals surface area contributed by atoms with E-state index in [2.05, 4.69) is 38.2 Å². The monoisotopic (exact) mass is 206 g/mol. The van der Waals surface area contributed by atoms with Crippen molar-refractivity contribution in [2.24, 2.45) is 0 Å². The van der Waals surface area contributed by atoms with Crippen LogP contribution in [0.2, 0.25) is 0 Å². The van der Waals surface area contributed by atoms with Gasteiger partial charge in [0.25, 0.3) is 0 Å². The first-order valence-corrected chi connectivity index (χ1v) is 5.80. The highest BCUT2D eigenvalue weighted by Gasteiger charge is 2.06. The number of nitrogen functional groups attached to an aromatic ring is 1. The molecule has 0 spiro atoms. The number of hydrogen-bond donors (Lipinski definition) is 2. The molecule has 2 nitrogen and oxygen atoms in total. The lowest BCUT2D eigenvalue weighted by atomic mass is 10.1. The predicted molar refractivity (Wildman–Crippen MR) is 68.2 cm³/mol. The molecule has 0 heterocycles. The minimum Gasteiger partial charge on any atom is -0.397 e. The van der Waals surface area contributed by atoms with Crippen LogP contribution in [0.15, 0.2) is 18.2 Å². The third-order valence-electron chi connectivity index (χ3n) is 2.70. The van der Waals surface area contributed by atoms with Crippen molar-refractivity contribution in [3.8, 4) is 0 Å². The first kappa shape index (κ1) is 11.9. The van der Waals surface area contributed by atoms with E-state index in [-0.39, 0.29) is 0 Å². The van der Waals surface area contributed by atoms with Crippen LogP contribution in [0.25, 0.3) is 0 Å². The quantitative estimate of drug-likeness (QED) is 0.723. The van der Waals surface area contributed by atoms with Crippen molar-refractivity contribution in [2.45, 2.75) is 46.1 Å². The number of hydrogen-bond acceptors (Lipinski definition) is 2. The molecule has 0 amide bonds. The normalized spacial score (nSPS) is 12.5. The Kier molecular flexibility index (Phi) is 4.47. The lowest BCUT2D eigenvalue weighted by Crippen LogP contribution is -2.18. The number of rotatable bonds is 5. The van der Waals surface area contributed by atoms with E-state index >= 15 is 0 Å². The second kappa shape index (κ2) is 5.64. The number of nitrogens with one attached hydrogen (secondary N) is 1. The molecule has 1 aromatic carbocycles. The molecule has 0 aliphatic rings. The maximum absolute atomic E-state index is 5.96. The average Bonchev–Trinajstić information content (AvgIpc) is 2.21. The van der Waals surface area contributed by atoms with Gasteiger partial charge in [-0.15, -0.1) is 0 Å². The molecule has 0 aliphatic carbocycles. The molecular weight excluding hydrogens is 184 g/mol. The topological polar surface area (TPSA) is 38.0 Å². The highest BCUT2D eigenvalue weighted by atomic mass is 14.9. The first-order valence-electron chi connectivity index (χ1n) is 5.80. The molecule has 15 heavy (non-hydrogen) atoms. The summed E-state index contributed by atoms with van der Waals surface area (Å²) in [7, 11) is 0. The largest absolute Gasteiger partial charge is 0.397 e.